The van der Waals surface area contributed by atoms with Crippen molar-refractivity contribution in [2.24, 2.45) is 11.8 Å². The van der Waals surface area contributed by atoms with Gasteiger partial charge in [0.15, 0.2) is 0 Å². The van der Waals surface area contributed by atoms with Gasteiger partial charge in [-0.2, -0.15) is 0 Å². The minimum Gasteiger partial charge on any atom is -0.375 e. The lowest BCUT2D eigenvalue weighted by Gasteiger charge is -2.33. The summed E-state index contributed by atoms with van der Waals surface area (Å²) in [6.45, 7) is 15.0. The highest BCUT2D eigenvalue weighted by Crippen LogP contribution is 2.31. The van der Waals surface area contributed by atoms with Crippen molar-refractivity contribution < 1.29 is 9.47 Å². The van der Waals surface area contributed by atoms with E-state index in [9.17, 15) is 0 Å². The molecule has 0 aromatic rings. The third-order valence-corrected chi connectivity index (χ3v) is 5.09. The fourth-order valence-corrected chi connectivity index (χ4v) is 2.46. The monoisotopic (exact) mass is 284 g/mol. The molecule has 0 spiro atoms. The molecule has 0 heterocycles. The maximum absolute atomic E-state index is 6.05. The molecule has 1 rings (SSSR count). The Labute approximate surface area is 126 Å². The Balaban J connectivity index is 2.20. The normalized spacial score (nSPS) is 24.9. The van der Waals surface area contributed by atoms with Crippen LogP contribution in [0.5, 0.6) is 0 Å². The Morgan fingerprint density at radius 3 is 1.25 bits per heavy atom. The van der Waals surface area contributed by atoms with Crippen molar-refractivity contribution in [3.63, 3.8) is 0 Å². The molecule has 0 atom stereocenters. The average molecular weight is 284 g/mol. The molecule has 0 bridgehead atoms. The molecule has 0 amide bonds. The number of ether oxygens (including phenoxy) is 2. The van der Waals surface area contributed by atoms with Crippen LogP contribution in [0.15, 0.2) is 0 Å². The molecule has 0 unspecified atom stereocenters. The van der Waals surface area contributed by atoms with E-state index in [4.69, 9.17) is 9.47 Å². The maximum Gasteiger partial charge on any atom is 0.0624 e. The van der Waals surface area contributed by atoms with E-state index in [2.05, 4.69) is 41.5 Å². The topological polar surface area (TPSA) is 18.5 Å². The van der Waals surface area contributed by atoms with Gasteiger partial charge in [-0.3, -0.25) is 0 Å². The van der Waals surface area contributed by atoms with E-state index in [-0.39, 0.29) is 11.2 Å². The van der Waals surface area contributed by atoms with Gasteiger partial charge in [0.05, 0.1) is 24.4 Å². The van der Waals surface area contributed by atoms with Crippen LogP contribution in [0.25, 0.3) is 0 Å². The van der Waals surface area contributed by atoms with E-state index in [1.165, 1.54) is 25.7 Å². The quantitative estimate of drug-likeness (QED) is 0.609. The van der Waals surface area contributed by atoms with Gasteiger partial charge in [-0.15, -0.1) is 0 Å². The van der Waals surface area contributed by atoms with E-state index in [0.29, 0.717) is 0 Å². The molecule has 0 N–H and O–H groups in total. The highest BCUT2D eigenvalue weighted by atomic mass is 16.5. The van der Waals surface area contributed by atoms with E-state index >= 15 is 0 Å². The second-order valence-electron chi connectivity index (χ2n) is 7.74. The van der Waals surface area contributed by atoms with Crippen molar-refractivity contribution in [1.29, 1.82) is 0 Å². The Bertz CT molecular complexity index is 235. The zero-order valence-electron chi connectivity index (χ0n) is 14.6. The maximum atomic E-state index is 6.05. The third-order valence-electron chi connectivity index (χ3n) is 5.09. The van der Waals surface area contributed by atoms with Crippen molar-refractivity contribution in [2.45, 2.75) is 91.3 Å². The highest BCUT2D eigenvalue weighted by molar-refractivity contribution is 4.75. The van der Waals surface area contributed by atoms with Gasteiger partial charge in [0.1, 0.15) is 0 Å². The molecule has 1 aliphatic carbocycles. The molecule has 0 aliphatic heterocycles. The van der Waals surface area contributed by atoms with Gasteiger partial charge in [0.2, 0.25) is 0 Å². The molecular formula is C18H36O2. The minimum atomic E-state index is 0.0467. The third kappa shape index (κ3) is 6.58. The zero-order valence-corrected chi connectivity index (χ0v) is 14.6. The first-order valence-corrected chi connectivity index (χ1v) is 8.56. The van der Waals surface area contributed by atoms with Crippen molar-refractivity contribution >= 4 is 0 Å². The van der Waals surface area contributed by atoms with Gasteiger partial charge in [0, 0.05) is 0 Å². The fourth-order valence-electron chi connectivity index (χ4n) is 2.46. The van der Waals surface area contributed by atoms with Crippen LogP contribution >= 0.6 is 0 Å². The second kappa shape index (κ2) is 7.79. The summed E-state index contributed by atoms with van der Waals surface area (Å²) in [6, 6.07) is 0. The van der Waals surface area contributed by atoms with Crippen LogP contribution in [0, 0.1) is 11.8 Å². The molecule has 1 fully saturated rings. The summed E-state index contributed by atoms with van der Waals surface area (Å²) < 4.78 is 12.1. The van der Waals surface area contributed by atoms with E-state index in [1.807, 2.05) is 0 Å². The molecule has 20 heavy (non-hydrogen) atoms. The molecular weight excluding hydrogens is 248 g/mol. The Kier molecular flexibility index (Phi) is 7.00. The molecule has 2 nitrogen and oxygen atoms in total. The van der Waals surface area contributed by atoms with Crippen LogP contribution in [-0.4, -0.2) is 24.4 Å². The van der Waals surface area contributed by atoms with Gasteiger partial charge in [-0.1, -0.05) is 13.8 Å². The first-order valence-electron chi connectivity index (χ1n) is 8.56. The minimum absolute atomic E-state index is 0.0467. The molecule has 120 valence electrons. The first kappa shape index (κ1) is 18.0. The number of rotatable bonds is 8. The van der Waals surface area contributed by atoms with Gasteiger partial charge in [0.25, 0.3) is 0 Å². The molecule has 0 aromatic heterocycles. The molecule has 2 heteroatoms. The van der Waals surface area contributed by atoms with Crippen LogP contribution in [0.4, 0.5) is 0 Å². The molecule has 1 aliphatic rings. The Morgan fingerprint density at radius 2 is 1.00 bits per heavy atom. The lowest BCUT2D eigenvalue weighted by Crippen LogP contribution is -2.30. The summed E-state index contributed by atoms with van der Waals surface area (Å²) in [5.74, 6) is 1.52. The van der Waals surface area contributed by atoms with E-state index < -0.39 is 0 Å². The van der Waals surface area contributed by atoms with Crippen molar-refractivity contribution in [3.05, 3.63) is 0 Å². The summed E-state index contributed by atoms with van der Waals surface area (Å²) in [6.07, 6.45) is 7.39. The zero-order chi connectivity index (χ0) is 15.2. The molecule has 0 aromatic carbocycles. The van der Waals surface area contributed by atoms with Crippen LogP contribution < -0.4 is 0 Å². The molecule has 1 saturated carbocycles. The van der Waals surface area contributed by atoms with Crippen LogP contribution in [0.1, 0.15) is 80.1 Å². The van der Waals surface area contributed by atoms with Gasteiger partial charge in [-0.05, 0) is 78.1 Å². The first-order chi connectivity index (χ1) is 9.28. The van der Waals surface area contributed by atoms with Gasteiger partial charge >= 0.3 is 0 Å². The van der Waals surface area contributed by atoms with Crippen molar-refractivity contribution in [1.82, 2.24) is 0 Å². The summed E-state index contributed by atoms with van der Waals surface area (Å²) in [4.78, 5) is 0. The predicted octanol–water partition coefficient (Wildman–Crippen LogP) is 5.20. The van der Waals surface area contributed by atoms with E-state index in [0.717, 1.165) is 37.9 Å². The standard InChI is InChI=1S/C18H36O2/c1-7-17(3,4)19-13-15-9-11-16(12-10-15)14-20-18(5,6)8-2/h15-16H,7-14H2,1-6H3. The summed E-state index contributed by atoms with van der Waals surface area (Å²) in [7, 11) is 0. The van der Waals surface area contributed by atoms with Crippen LogP contribution in [0.2, 0.25) is 0 Å². The summed E-state index contributed by atoms with van der Waals surface area (Å²) >= 11 is 0. The smallest absolute Gasteiger partial charge is 0.0624 e. The summed E-state index contributed by atoms with van der Waals surface area (Å²) in [5.41, 5.74) is 0.0935. The van der Waals surface area contributed by atoms with Crippen LogP contribution in [-0.2, 0) is 9.47 Å². The second-order valence-corrected chi connectivity index (χ2v) is 7.74. The molecule has 0 radical (unpaired) electrons. The Morgan fingerprint density at radius 1 is 0.700 bits per heavy atom. The lowest BCUT2D eigenvalue weighted by molar-refractivity contribution is -0.0603. The molecule has 0 saturated heterocycles. The SMILES string of the molecule is CCC(C)(C)OCC1CCC(COC(C)(C)CC)CC1. The fraction of sp³-hybridized carbons (Fsp3) is 1.00. The van der Waals surface area contributed by atoms with Crippen molar-refractivity contribution in [2.75, 3.05) is 13.2 Å². The number of hydrogen-bond acceptors (Lipinski definition) is 2. The largest absolute Gasteiger partial charge is 0.375 e. The van der Waals surface area contributed by atoms with Gasteiger partial charge in [-0.25, -0.2) is 0 Å². The van der Waals surface area contributed by atoms with Gasteiger partial charge < -0.3 is 9.47 Å². The van der Waals surface area contributed by atoms with Crippen LogP contribution in [0.3, 0.4) is 0 Å². The Hall–Kier alpha value is -0.0800. The average Bonchev–Trinajstić information content (AvgIpc) is 2.44. The summed E-state index contributed by atoms with van der Waals surface area (Å²) in [5, 5.41) is 0. The highest BCUT2D eigenvalue weighted by Gasteiger charge is 2.25. The number of hydrogen-bond donors (Lipinski definition) is 0. The van der Waals surface area contributed by atoms with Crippen molar-refractivity contribution in [3.8, 4) is 0 Å². The lowest BCUT2D eigenvalue weighted by atomic mass is 9.82. The van der Waals surface area contributed by atoms with E-state index in [1.54, 1.807) is 0 Å². The predicted molar refractivity (Wildman–Crippen MR) is 86.1 cm³/mol.